The van der Waals surface area contributed by atoms with Crippen molar-refractivity contribution in [2.45, 2.75) is 126 Å². The first-order chi connectivity index (χ1) is 20.2. The van der Waals surface area contributed by atoms with Crippen LogP contribution in [0.15, 0.2) is 0 Å². The summed E-state index contributed by atoms with van der Waals surface area (Å²) in [5.41, 5.74) is -0.304. The molecule has 8 nitrogen and oxygen atoms in total. The Balaban J connectivity index is 0.883. The van der Waals surface area contributed by atoms with Gasteiger partial charge in [0, 0.05) is 26.4 Å². The van der Waals surface area contributed by atoms with Gasteiger partial charge in [-0.05, 0) is 101 Å². The first-order valence-corrected chi connectivity index (χ1v) is 17.1. The first-order valence-electron chi connectivity index (χ1n) is 17.1. The zero-order valence-electron chi connectivity index (χ0n) is 24.8. The van der Waals surface area contributed by atoms with Gasteiger partial charge >= 0.3 is 0 Å². The van der Waals surface area contributed by atoms with Crippen LogP contribution in [0.2, 0.25) is 0 Å². The van der Waals surface area contributed by atoms with Crippen molar-refractivity contribution in [3.8, 4) is 0 Å². The molecule has 0 radical (unpaired) electrons. The lowest BCUT2D eigenvalue weighted by atomic mass is 9.88. The van der Waals surface area contributed by atoms with E-state index in [4.69, 9.17) is 37.9 Å². The molecule has 0 aromatic carbocycles. The summed E-state index contributed by atoms with van der Waals surface area (Å²) >= 11 is 0. The Morgan fingerprint density at radius 3 is 0.878 bits per heavy atom. The Labute approximate surface area is 245 Å². The van der Waals surface area contributed by atoms with Gasteiger partial charge in [0.15, 0.2) is 0 Å². The number of epoxide rings is 4. The zero-order chi connectivity index (χ0) is 27.2. The van der Waals surface area contributed by atoms with E-state index in [9.17, 15) is 0 Å². The van der Waals surface area contributed by atoms with Crippen molar-refractivity contribution in [1.29, 1.82) is 0 Å². The van der Waals surface area contributed by atoms with Crippen LogP contribution in [0.4, 0.5) is 0 Å². The second-order valence-electron chi connectivity index (χ2n) is 15.1. The molecule has 4 aliphatic heterocycles. The van der Waals surface area contributed by atoms with Crippen molar-refractivity contribution in [1.82, 2.24) is 0 Å². The second-order valence-corrected chi connectivity index (χ2v) is 15.1. The molecule has 0 spiro atoms. The summed E-state index contributed by atoms with van der Waals surface area (Å²) in [4.78, 5) is 0. The van der Waals surface area contributed by atoms with Crippen LogP contribution in [-0.4, -0.2) is 102 Å². The van der Waals surface area contributed by atoms with Crippen molar-refractivity contribution >= 4 is 0 Å². The Kier molecular flexibility index (Phi) is 8.40. The number of fused-ring (bicyclic) bond motifs is 4. The fourth-order valence-corrected chi connectivity index (χ4v) is 8.57. The molecule has 4 aliphatic carbocycles. The van der Waals surface area contributed by atoms with Gasteiger partial charge in [-0.2, -0.15) is 0 Å². The fourth-order valence-electron chi connectivity index (χ4n) is 8.57. The second kappa shape index (κ2) is 12.2. The molecule has 8 aliphatic rings. The molecule has 8 fully saturated rings. The van der Waals surface area contributed by atoms with E-state index in [1.165, 1.54) is 51.4 Å². The maximum absolute atomic E-state index is 6.55. The number of ether oxygens (including phenoxy) is 8. The maximum Gasteiger partial charge on any atom is 0.0845 e. The van der Waals surface area contributed by atoms with Crippen LogP contribution in [0.1, 0.15) is 77.0 Å². The fraction of sp³-hybridized carbons (Fsp3) is 1.00. The van der Waals surface area contributed by atoms with Crippen LogP contribution in [0.3, 0.4) is 0 Å². The van der Waals surface area contributed by atoms with Gasteiger partial charge in [-0.15, -0.1) is 0 Å². The van der Waals surface area contributed by atoms with E-state index in [2.05, 4.69) is 0 Å². The quantitative estimate of drug-likeness (QED) is 0.251. The van der Waals surface area contributed by atoms with Gasteiger partial charge in [0.25, 0.3) is 0 Å². The topological polar surface area (TPSA) is 87.0 Å². The highest BCUT2D eigenvalue weighted by Gasteiger charge is 2.47. The van der Waals surface area contributed by atoms with Crippen LogP contribution in [0.5, 0.6) is 0 Å². The molecular formula is C33H52O8. The van der Waals surface area contributed by atoms with E-state index in [-0.39, 0.29) is 5.41 Å². The van der Waals surface area contributed by atoms with Crippen molar-refractivity contribution in [3.63, 3.8) is 0 Å². The van der Waals surface area contributed by atoms with E-state index in [1.807, 2.05) is 0 Å². The minimum atomic E-state index is -0.304. The maximum atomic E-state index is 6.55. The molecule has 0 aromatic heterocycles. The molecule has 0 bridgehead atoms. The van der Waals surface area contributed by atoms with Gasteiger partial charge < -0.3 is 37.9 Å². The molecule has 0 aromatic rings. The molecule has 4 heterocycles. The molecule has 12 atom stereocenters. The van der Waals surface area contributed by atoms with Gasteiger partial charge in [0.2, 0.25) is 0 Å². The van der Waals surface area contributed by atoms with Crippen LogP contribution < -0.4 is 0 Å². The van der Waals surface area contributed by atoms with Crippen LogP contribution in [0, 0.1) is 29.1 Å². The van der Waals surface area contributed by atoms with E-state index < -0.39 is 0 Å². The predicted octanol–water partition coefficient (Wildman–Crippen LogP) is 4.31. The Hall–Kier alpha value is -0.320. The monoisotopic (exact) mass is 576 g/mol. The average molecular weight is 577 g/mol. The first kappa shape index (κ1) is 28.2. The largest absolute Gasteiger partial charge is 0.380 e. The number of hydrogen-bond donors (Lipinski definition) is 0. The molecule has 0 amide bonds. The van der Waals surface area contributed by atoms with E-state index in [1.54, 1.807) is 0 Å². The van der Waals surface area contributed by atoms with Crippen LogP contribution in [-0.2, 0) is 37.9 Å². The summed E-state index contributed by atoms with van der Waals surface area (Å²) in [5, 5.41) is 0. The lowest BCUT2D eigenvalue weighted by Gasteiger charge is -2.35. The summed E-state index contributed by atoms with van der Waals surface area (Å²) in [7, 11) is 0. The van der Waals surface area contributed by atoms with Gasteiger partial charge in [-0.3, -0.25) is 0 Å². The van der Waals surface area contributed by atoms with Gasteiger partial charge in [0.05, 0.1) is 80.7 Å². The van der Waals surface area contributed by atoms with Crippen molar-refractivity contribution in [3.05, 3.63) is 0 Å². The standard InChI is InChI=1S/C33H52O8/c1-5-25-29(38-25)9-21(1)13-34-17-33(18-35-14-22-2-6-26-30(10-22)39-26,19-36-15-23-3-7-27-31(11-23)40-27)20-37-16-24-4-8-28-32(12-24)41-28/h21-32H,1-20H2. The van der Waals surface area contributed by atoms with E-state index in [0.29, 0.717) is 98.9 Å². The molecule has 8 rings (SSSR count). The van der Waals surface area contributed by atoms with Gasteiger partial charge in [-0.1, -0.05) is 0 Å². The third-order valence-corrected chi connectivity index (χ3v) is 11.5. The van der Waals surface area contributed by atoms with Gasteiger partial charge in [0.1, 0.15) is 0 Å². The summed E-state index contributed by atoms with van der Waals surface area (Å²) in [6.45, 7) is 5.66. The van der Waals surface area contributed by atoms with Crippen LogP contribution in [0.25, 0.3) is 0 Å². The molecule has 8 heteroatoms. The minimum absolute atomic E-state index is 0.304. The van der Waals surface area contributed by atoms with E-state index >= 15 is 0 Å². The molecule has 4 saturated heterocycles. The Morgan fingerprint density at radius 2 is 0.634 bits per heavy atom. The molecule has 12 unspecified atom stereocenters. The zero-order valence-corrected chi connectivity index (χ0v) is 24.8. The summed E-state index contributed by atoms with van der Waals surface area (Å²) < 4.78 is 49.3. The smallest absolute Gasteiger partial charge is 0.0845 e. The van der Waals surface area contributed by atoms with Crippen LogP contribution >= 0.6 is 0 Å². The highest BCUT2D eigenvalue weighted by atomic mass is 16.6. The molecule has 41 heavy (non-hydrogen) atoms. The lowest BCUT2D eigenvalue weighted by Crippen LogP contribution is -2.43. The third-order valence-electron chi connectivity index (χ3n) is 11.5. The van der Waals surface area contributed by atoms with E-state index in [0.717, 1.165) is 52.1 Å². The normalized spacial score (nSPS) is 46.8. The average Bonchev–Trinajstić information content (AvgIpc) is 3.81. The van der Waals surface area contributed by atoms with Crippen molar-refractivity contribution in [2.75, 3.05) is 52.9 Å². The molecular weight excluding hydrogens is 524 g/mol. The molecule has 4 saturated carbocycles. The minimum Gasteiger partial charge on any atom is -0.380 e. The number of hydrogen-bond acceptors (Lipinski definition) is 8. The third kappa shape index (κ3) is 7.33. The Morgan fingerprint density at radius 1 is 0.366 bits per heavy atom. The highest BCUT2D eigenvalue weighted by Crippen LogP contribution is 2.42. The van der Waals surface area contributed by atoms with Gasteiger partial charge in [-0.25, -0.2) is 0 Å². The summed E-state index contributed by atoms with van der Waals surface area (Å²) in [5.74, 6) is 2.37. The summed E-state index contributed by atoms with van der Waals surface area (Å²) in [6, 6.07) is 0. The number of rotatable bonds is 16. The Bertz CT molecular complexity index is 744. The highest BCUT2D eigenvalue weighted by molar-refractivity contribution is 4.95. The lowest BCUT2D eigenvalue weighted by molar-refractivity contribution is -0.121. The van der Waals surface area contributed by atoms with Crippen molar-refractivity contribution in [2.24, 2.45) is 29.1 Å². The SMILES string of the molecule is C1CC2OC2CC1COCC(COCC1CCC2OC2C1)(COCC1CCC2OC2C1)COCC1CCC2OC2C1. The molecule has 0 N–H and O–H groups in total. The predicted molar refractivity (Wildman–Crippen MR) is 150 cm³/mol. The van der Waals surface area contributed by atoms with Crippen molar-refractivity contribution < 1.29 is 37.9 Å². The molecule has 232 valence electrons. The summed E-state index contributed by atoms with van der Waals surface area (Å²) in [6.07, 6.45) is 18.2.